The molecule has 0 bridgehead atoms. The molecule has 0 radical (unpaired) electrons. The number of halogens is 1. The van der Waals surface area contributed by atoms with Crippen molar-refractivity contribution in [2.24, 2.45) is 0 Å². The molecule has 1 saturated heterocycles. The smallest absolute Gasteiger partial charge is 0.340 e. The highest BCUT2D eigenvalue weighted by Gasteiger charge is 2.27. The first kappa shape index (κ1) is 14.9. The van der Waals surface area contributed by atoms with Gasteiger partial charge in [-0.3, -0.25) is 4.90 Å². The van der Waals surface area contributed by atoms with Crippen LogP contribution in [0.1, 0.15) is 35.7 Å². The molecule has 1 aliphatic rings. The van der Waals surface area contributed by atoms with Crippen LogP contribution in [0.4, 0.5) is 4.39 Å². The second-order valence-corrected chi connectivity index (χ2v) is 5.58. The first-order valence-electron chi connectivity index (χ1n) is 6.73. The SMILES string of the molecule is COC(=O)c1ccc(CN2CCC(C)(O)CC2)cc1F. The van der Waals surface area contributed by atoms with Gasteiger partial charge in [-0.15, -0.1) is 0 Å². The molecule has 2 rings (SSSR count). The summed E-state index contributed by atoms with van der Waals surface area (Å²) in [5, 5.41) is 9.89. The van der Waals surface area contributed by atoms with E-state index in [0.29, 0.717) is 6.54 Å². The minimum atomic E-state index is -0.664. The van der Waals surface area contributed by atoms with E-state index in [9.17, 15) is 14.3 Å². The molecule has 110 valence electrons. The summed E-state index contributed by atoms with van der Waals surface area (Å²) < 4.78 is 18.3. The summed E-state index contributed by atoms with van der Waals surface area (Å²) in [6, 6.07) is 4.57. The monoisotopic (exact) mass is 281 g/mol. The van der Waals surface area contributed by atoms with Crippen LogP contribution < -0.4 is 0 Å². The van der Waals surface area contributed by atoms with Gasteiger partial charge in [-0.05, 0) is 37.5 Å². The standard InChI is InChI=1S/C15H20FNO3/c1-15(19)5-7-17(8-6-15)10-11-3-4-12(13(16)9-11)14(18)20-2/h3-4,9,19H,5-8,10H2,1-2H3. The maximum absolute atomic E-state index is 13.8. The molecule has 0 atom stereocenters. The first-order valence-corrected chi connectivity index (χ1v) is 6.73. The Labute approximate surface area is 118 Å². The van der Waals surface area contributed by atoms with Crippen molar-refractivity contribution in [2.75, 3.05) is 20.2 Å². The lowest BCUT2D eigenvalue weighted by Crippen LogP contribution is -2.41. The first-order chi connectivity index (χ1) is 9.41. The van der Waals surface area contributed by atoms with Crippen LogP contribution in [0.15, 0.2) is 18.2 Å². The molecule has 1 N–H and O–H groups in total. The number of hydrogen-bond donors (Lipinski definition) is 1. The van der Waals surface area contributed by atoms with Crippen molar-refractivity contribution in [3.63, 3.8) is 0 Å². The molecular formula is C15H20FNO3. The summed E-state index contributed by atoms with van der Waals surface area (Å²) in [4.78, 5) is 13.5. The highest BCUT2D eigenvalue weighted by molar-refractivity contribution is 5.89. The molecule has 0 amide bonds. The second-order valence-electron chi connectivity index (χ2n) is 5.58. The van der Waals surface area contributed by atoms with Crippen molar-refractivity contribution in [3.8, 4) is 0 Å². The van der Waals surface area contributed by atoms with Gasteiger partial charge in [0.25, 0.3) is 0 Å². The van der Waals surface area contributed by atoms with Crippen LogP contribution in [0.3, 0.4) is 0 Å². The highest BCUT2D eigenvalue weighted by Crippen LogP contribution is 2.23. The minimum Gasteiger partial charge on any atom is -0.465 e. The van der Waals surface area contributed by atoms with Gasteiger partial charge in [0.1, 0.15) is 5.82 Å². The van der Waals surface area contributed by atoms with Crippen molar-refractivity contribution in [1.29, 1.82) is 0 Å². The highest BCUT2D eigenvalue weighted by atomic mass is 19.1. The van der Waals surface area contributed by atoms with E-state index in [1.165, 1.54) is 19.2 Å². The summed E-state index contributed by atoms with van der Waals surface area (Å²) in [5.74, 6) is -1.22. The Morgan fingerprint density at radius 2 is 2.10 bits per heavy atom. The van der Waals surface area contributed by atoms with Crippen LogP contribution in [-0.4, -0.2) is 41.8 Å². The molecule has 1 heterocycles. The fraction of sp³-hybridized carbons (Fsp3) is 0.533. The van der Waals surface area contributed by atoms with Crippen LogP contribution in [0.25, 0.3) is 0 Å². The lowest BCUT2D eigenvalue weighted by molar-refractivity contribution is -0.00733. The zero-order chi connectivity index (χ0) is 14.8. The van der Waals surface area contributed by atoms with Gasteiger partial charge >= 0.3 is 5.97 Å². The maximum Gasteiger partial charge on any atom is 0.340 e. The van der Waals surface area contributed by atoms with Crippen LogP contribution >= 0.6 is 0 Å². The summed E-state index contributed by atoms with van der Waals surface area (Å²) in [6.07, 6.45) is 1.44. The number of methoxy groups -OCH3 is 1. The molecule has 1 aliphatic heterocycles. The lowest BCUT2D eigenvalue weighted by atomic mass is 9.93. The molecule has 20 heavy (non-hydrogen) atoms. The van der Waals surface area contributed by atoms with E-state index >= 15 is 0 Å². The predicted molar refractivity (Wildman–Crippen MR) is 72.9 cm³/mol. The average Bonchev–Trinajstić information content (AvgIpc) is 2.40. The summed E-state index contributed by atoms with van der Waals surface area (Å²) in [6.45, 7) is 4.03. The second kappa shape index (κ2) is 5.89. The molecule has 0 spiro atoms. The molecule has 1 fully saturated rings. The third-order valence-corrected chi connectivity index (χ3v) is 3.78. The number of likely N-dealkylation sites (tertiary alicyclic amines) is 1. The van der Waals surface area contributed by atoms with Gasteiger partial charge in [0, 0.05) is 19.6 Å². The van der Waals surface area contributed by atoms with Crippen molar-refractivity contribution in [3.05, 3.63) is 35.1 Å². The summed E-state index contributed by atoms with van der Waals surface area (Å²) >= 11 is 0. The predicted octanol–water partition coefficient (Wildman–Crippen LogP) is 1.96. The van der Waals surface area contributed by atoms with E-state index in [2.05, 4.69) is 9.64 Å². The normalized spacial score (nSPS) is 18.8. The van der Waals surface area contributed by atoms with Crippen molar-refractivity contribution in [1.82, 2.24) is 4.90 Å². The van der Waals surface area contributed by atoms with Crippen LogP contribution in [0.5, 0.6) is 0 Å². The molecule has 1 aromatic carbocycles. The van der Waals surface area contributed by atoms with Gasteiger partial charge in [0.15, 0.2) is 0 Å². The van der Waals surface area contributed by atoms with Crippen molar-refractivity contribution in [2.45, 2.75) is 31.9 Å². The third kappa shape index (κ3) is 3.55. The Morgan fingerprint density at radius 1 is 1.45 bits per heavy atom. The largest absolute Gasteiger partial charge is 0.465 e. The number of carbonyl (C=O) groups excluding carboxylic acids is 1. The fourth-order valence-electron chi connectivity index (χ4n) is 2.38. The van der Waals surface area contributed by atoms with Gasteiger partial charge in [0.05, 0.1) is 18.3 Å². The Bertz CT molecular complexity index is 492. The van der Waals surface area contributed by atoms with Gasteiger partial charge in [-0.2, -0.15) is 0 Å². The zero-order valence-electron chi connectivity index (χ0n) is 11.9. The molecule has 1 aromatic rings. The Morgan fingerprint density at radius 3 is 2.65 bits per heavy atom. The number of aliphatic hydroxyl groups is 1. The Hall–Kier alpha value is -1.46. The molecule has 0 aliphatic carbocycles. The quantitative estimate of drug-likeness (QED) is 0.861. The Balaban J connectivity index is 2.01. The number of hydrogen-bond acceptors (Lipinski definition) is 4. The van der Waals surface area contributed by atoms with Gasteiger partial charge in [-0.1, -0.05) is 6.07 Å². The van der Waals surface area contributed by atoms with E-state index in [1.54, 1.807) is 6.07 Å². The molecule has 4 nitrogen and oxygen atoms in total. The van der Waals surface area contributed by atoms with Gasteiger partial charge in [0.2, 0.25) is 0 Å². The van der Waals surface area contributed by atoms with Crippen molar-refractivity contribution >= 4 is 5.97 Å². The van der Waals surface area contributed by atoms with E-state index in [0.717, 1.165) is 31.5 Å². The number of rotatable bonds is 3. The number of esters is 1. The van der Waals surface area contributed by atoms with Crippen LogP contribution in [0, 0.1) is 5.82 Å². The van der Waals surface area contributed by atoms with E-state index in [-0.39, 0.29) is 5.56 Å². The molecule has 0 unspecified atom stereocenters. The fourth-order valence-corrected chi connectivity index (χ4v) is 2.38. The zero-order valence-corrected chi connectivity index (χ0v) is 11.9. The average molecular weight is 281 g/mol. The molecule has 0 saturated carbocycles. The summed E-state index contributed by atoms with van der Waals surface area (Å²) in [7, 11) is 1.23. The number of nitrogens with zero attached hydrogens (tertiary/aromatic N) is 1. The number of piperidine rings is 1. The topological polar surface area (TPSA) is 49.8 Å². The summed E-state index contributed by atoms with van der Waals surface area (Å²) in [5.41, 5.74) is 0.186. The third-order valence-electron chi connectivity index (χ3n) is 3.78. The van der Waals surface area contributed by atoms with Gasteiger partial charge < -0.3 is 9.84 Å². The van der Waals surface area contributed by atoms with Crippen LogP contribution in [0.2, 0.25) is 0 Å². The van der Waals surface area contributed by atoms with Crippen molar-refractivity contribution < 1.29 is 19.0 Å². The molecular weight excluding hydrogens is 261 g/mol. The van der Waals surface area contributed by atoms with Crippen LogP contribution in [-0.2, 0) is 11.3 Å². The Kier molecular flexibility index (Phi) is 4.40. The van der Waals surface area contributed by atoms with E-state index < -0.39 is 17.4 Å². The van der Waals surface area contributed by atoms with E-state index in [4.69, 9.17) is 0 Å². The minimum absolute atomic E-state index is 0.0437. The maximum atomic E-state index is 13.8. The van der Waals surface area contributed by atoms with Gasteiger partial charge in [-0.25, -0.2) is 9.18 Å². The molecule has 0 aromatic heterocycles. The number of ether oxygens (including phenoxy) is 1. The number of carbonyl (C=O) groups is 1. The molecule has 5 heteroatoms. The lowest BCUT2D eigenvalue weighted by Gasteiger charge is -2.35. The number of benzene rings is 1. The van der Waals surface area contributed by atoms with E-state index in [1.807, 2.05) is 6.92 Å².